The second kappa shape index (κ2) is 4.39. The van der Waals surface area contributed by atoms with Gasteiger partial charge in [0.1, 0.15) is 0 Å². The Morgan fingerprint density at radius 1 is 1.40 bits per heavy atom. The molecule has 0 saturated carbocycles. The molecule has 1 aromatic rings. The molecule has 0 bridgehead atoms. The first-order valence-corrected chi connectivity index (χ1v) is 6.73. The lowest BCUT2D eigenvalue weighted by Gasteiger charge is -2.31. The van der Waals surface area contributed by atoms with Gasteiger partial charge in [0.15, 0.2) is 0 Å². The predicted molar refractivity (Wildman–Crippen MR) is 71.9 cm³/mol. The molecule has 0 aromatic heterocycles. The van der Waals surface area contributed by atoms with Gasteiger partial charge in [0, 0.05) is 11.3 Å². The zero-order valence-corrected chi connectivity index (χ0v) is 11.0. The van der Waals surface area contributed by atoms with Crippen LogP contribution >= 0.6 is 11.8 Å². The van der Waals surface area contributed by atoms with E-state index < -0.39 is 10.9 Å². The summed E-state index contributed by atoms with van der Waals surface area (Å²) in [4.78, 5) is 34.4. The monoisotopic (exact) mass is 293 g/mol. The molecule has 1 saturated heterocycles. The number of thioether (sulfide) groups is 1. The number of carbonyl (C=O) groups excluding carboxylic acids is 3. The Morgan fingerprint density at radius 2 is 2.15 bits per heavy atom. The van der Waals surface area contributed by atoms with Gasteiger partial charge < -0.3 is 5.32 Å². The molecule has 2 aliphatic heterocycles. The molecule has 4 amide bonds. The predicted octanol–water partition coefficient (Wildman–Crippen LogP) is -0.545. The fourth-order valence-corrected chi connectivity index (χ4v) is 3.58. The van der Waals surface area contributed by atoms with Crippen molar-refractivity contribution >= 4 is 35.3 Å². The van der Waals surface area contributed by atoms with Crippen LogP contribution in [0.3, 0.4) is 0 Å². The molecule has 2 aliphatic rings. The van der Waals surface area contributed by atoms with Gasteiger partial charge in [0.2, 0.25) is 4.87 Å². The fourth-order valence-electron chi connectivity index (χ4n) is 2.33. The lowest BCUT2D eigenvalue weighted by Crippen LogP contribution is -2.58. The lowest BCUT2D eigenvalue weighted by atomic mass is 10.1. The van der Waals surface area contributed by atoms with E-state index >= 15 is 0 Å². The van der Waals surface area contributed by atoms with Crippen LogP contribution < -0.4 is 22.0 Å². The molecule has 104 valence electrons. The summed E-state index contributed by atoms with van der Waals surface area (Å²) >= 11 is 1.15. The highest BCUT2D eigenvalue weighted by atomic mass is 32.2. The minimum absolute atomic E-state index is 0.0899. The molecule has 9 heteroatoms. The van der Waals surface area contributed by atoms with E-state index in [1.807, 2.05) is 5.43 Å². The maximum atomic E-state index is 12.4. The van der Waals surface area contributed by atoms with Gasteiger partial charge >= 0.3 is 6.03 Å². The van der Waals surface area contributed by atoms with Crippen LogP contribution in [0.1, 0.15) is 5.56 Å². The zero-order valence-electron chi connectivity index (χ0n) is 10.2. The average molecular weight is 293 g/mol. The van der Waals surface area contributed by atoms with Crippen molar-refractivity contribution in [3.8, 4) is 0 Å². The number of para-hydroxylation sites is 1. The number of anilines is 1. The smallest absolute Gasteiger partial charge is 0.322 e. The lowest BCUT2D eigenvalue weighted by molar-refractivity contribution is -0.139. The SMILES string of the molecule is NNC(=O)NN1C(=O)CSC12C(=O)Nc1ccccc12. The third-order valence-electron chi connectivity index (χ3n) is 3.16. The van der Waals surface area contributed by atoms with Crippen molar-refractivity contribution in [3.63, 3.8) is 0 Å². The molecule has 1 aromatic carbocycles. The van der Waals surface area contributed by atoms with E-state index in [2.05, 4.69) is 10.7 Å². The maximum absolute atomic E-state index is 12.4. The minimum atomic E-state index is -1.28. The van der Waals surface area contributed by atoms with Crippen LogP contribution in [0.4, 0.5) is 10.5 Å². The summed E-state index contributed by atoms with van der Waals surface area (Å²) in [6, 6.07) is 6.27. The van der Waals surface area contributed by atoms with Gasteiger partial charge in [0.05, 0.1) is 5.75 Å². The molecule has 1 spiro atoms. The molecule has 8 nitrogen and oxygen atoms in total. The van der Waals surface area contributed by atoms with E-state index in [1.54, 1.807) is 24.3 Å². The molecule has 0 aliphatic carbocycles. The Morgan fingerprint density at radius 3 is 2.90 bits per heavy atom. The summed E-state index contributed by atoms with van der Waals surface area (Å²) in [5, 5.41) is 3.74. The van der Waals surface area contributed by atoms with Crippen LogP contribution in [0.5, 0.6) is 0 Å². The molecular formula is C11H11N5O3S. The molecule has 1 unspecified atom stereocenters. The summed E-state index contributed by atoms with van der Waals surface area (Å²) in [5.74, 6) is 4.36. The number of hydrazine groups is 2. The van der Waals surface area contributed by atoms with E-state index in [0.717, 1.165) is 16.8 Å². The van der Waals surface area contributed by atoms with Crippen molar-refractivity contribution in [2.75, 3.05) is 11.1 Å². The van der Waals surface area contributed by atoms with Crippen molar-refractivity contribution in [1.29, 1.82) is 0 Å². The minimum Gasteiger partial charge on any atom is -0.322 e. The van der Waals surface area contributed by atoms with Crippen LogP contribution in [0.25, 0.3) is 0 Å². The number of hydrogen-bond donors (Lipinski definition) is 4. The highest BCUT2D eigenvalue weighted by molar-refractivity contribution is 8.02. The number of urea groups is 1. The van der Waals surface area contributed by atoms with Crippen molar-refractivity contribution in [2.24, 2.45) is 5.84 Å². The Balaban J connectivity index is 2.08. The molecule has 1 atom stereocenters. The van der Waals surface area contributed by atoms with Crippen LogP contribution in [0, 0.1) is 0 Å². The largest absolute Gasteiger partial charge is 0.347 e. The van der Waals surface area contributed by atoms with Gasteiger partial charge in [0.25, 0.3) is 11.8 Å². The number of rotatable bonds is 1. The zero-order chi connectivity index (χ0) is 14.3. The number of nitrogens with zero attached hydrogens (tertiary/aromatic N) is 1. The highest BCUT2D eigenvalue weighted by Crippen LogP contribution is 2.51. The second-order valence-corrected chi connectivity index (χ2v) is 5.41. The van der Waals surface area contributed by atoms with Crippen molar-refractivity contribution in [3.05, 3.63) is 29.8 Å². The quantitative estimate of drug-likeness (QED) is 0.315. The second-order valence-electron chi connectivity index (χ2n) is 4.25. The Kier molecular flexibility index (Phi) is 2.80. The molecular weight excluding hydrogens is 282 g/mol. The first-order valence-electron chi connectivity index (χ1n) is 5.75. The van der Waals surface area contributed by atoms with Crippen molar-refractivity contribution in [2.45, 2.75) is 4.87 Å². The van der Waals surface area contributed by atoms with E-state index in [-0.39, 0.29) is 17.6 Å². The molecule has 1 fully saturated rings. The van der Waals surface area contributed by atoms with E-state index in [0.29, 0.717) is 11.3 Å². The number of nitrogens with one attached hydrogen (secondary N) is 3. The van der Waals surface area contributed by atoms with Crippen LogP contribution in [-0.2, 0) is 14.5 Å². The molecule has 20 heavy (non-hydrogen) atoms. The highest BCUT2D eigenvalue weighted by Gasteiger charge is 2.58. The summed E-state index contributed by atoms with van der Waals surface area (Å²) in [5.41, 5.74) is 5.44. The molecule has 2 heterocycles. The maximum Gasteiger partial charge on any atom is 0.347 e. The van der Waals surface area contributed by atoms with Crippen LogP contribution in [0.15, 0.2) is 24.3 Å². The van der Waals surface area contributed by atoms with E-state index in [4.69, 9.17) is 5.84 Å². The Hall–Kier alpha value is -2.26. The molecule has 5 N–H and O–H groups in total. The Bertz CT molecular complexity index is 622. The third kappa shape index (κ3) is 1.57. The third-order valence-corrected chi connectivity index (χ3v) is 4.56. The normalized spacial score (nSPS) is 23.8. The van der Waals surface area contributed by atoms with Gasteiger partial charge in [-0.1, -0.05) is 18.2 Å². The van der Waals surface area contributed by atoms with Gasteiger partial charge in [-0.2, -0.15) is 0 Å². The van der Waals surface area contributed by atoms with Crippen molar-refractivity contribution < 1.29 is 14.4 Å². The number of fused-ring (bicyclic) bond motifs is 2. The van der Waals surface area contributed by atoms with Gasteiger partial charge in [-0.05, 0) is 6.07 Å². The van der Waals surface area contributed by atoms with Gasteiger partial charge in [-0.3, -0.25) is 15.0 Å². The number of amides is 4. The topological polar surface area (TPSA) is 117 Å². The number of nitrogens with two attached hydrogens (primary N) is 1. The molecule has 3 rings (SSSR count). The number of carbonyl (C=O) groups is 3. The Labute approximate surface area is 118 Å². The summed E-state index contributed by atoms with van der Waals surface area (Å²) in [6.45, 7) is 0. The average Bonchev–Trinajstić information content (AvgIpc) is 2.92. The van der Waals surface area contributed by atoms with Crippen LogP contribution in [0.2, 0.25) is 0 Å². The van der Waals surface area contributed by atoms with Crippen LogP contribution in [-0.4, -0.2) is 28.6 Å². The van der Waals surface area contributed by atoms with Gasteiger partial charge in [-0.25, -0.2) is 21.1 Å². The fraction of sp³-hybridized carbons (Fsp3) is 0.182. The molecule has 0 radical (unpaired) electrons. The van der Waals surface area contributed by atoms with E-state index in [9.17, 15) is 14.4 Å². The van der Waals surface area contributed by atoms with Gasteiger partial charge in [-0.15, -0.1) is 11.8 Å². The number of benzene rings is 1. The number of hydrogen-bond acceptors (Lipinski definition) is 5. The van der Waals surface area contributed by atoms with E-state index in [1.165, 1.54) is 0 Å². The first kappa shape index (κ1) is 12.8. The summed E-state index contributed by atoms with van der Waals surface area (Å²) in [7, 11) is 0. The summed E-state index contributed by atoms with van der Waals surface area (Å²) in [6.07, 6.45) is 0. The standard InChI is InChI=1S/C11H11N5O3S/c12-14-10(19)15-16-8(17)5-20-11(16)6-3-1-2-4-7(6)13-9(11)18/h1-4H,5,12H2,(H,13,18)(H2,14,15,19). The summed E-state index contributed by atoms with van der Waals surface area (Å²) < 4.78 is 0. The van der Waals surface area contributed by atoms with Crippen molar-refractivity contribution in [1.82, 2.24) is 15.9 Å². The first-order chi connectivity index (χ1) is 9.59.